The quantitative estimate of drug-likeness (QED) is 0.655. The first kappa shape index (κ1) is 19.6. The number of anilines is 1. The van der Waals surface area contributed by atoms with Crippen LogP contribution in [0, 0.1) is 11.8 Å². The molecule has 1 saturated carbocycles. The maximum Gasteiger partial charge on any atom is 0.227 e. The van der Waals surface area contributed by atoms with Gasteiger partial charge in [-0.1, -0.05) is 19.1 Å². The molecule has 2 atom stereocenters. The van der Waals surface area contributed by atoms with E-state index in [4.69, 9.17) is 0 Å². The number of likely N-dealkylation sites (N-methyl/N-ethyl adjacent to an activating group) is 1. The fourth-order valence-corrected chi connectivity index (χ4v) is 3.61. The van der Waals surface area contributed by atoms with Crippen molar-refractivity contribution in [2.24, 2.45) is 16.8 Å². The van der Waals surface area contributed by atoms with E-state index in [0.717, 1.165) is 61.7 Å². The molecule has 1 aliphatic heterocycles. The van der Waals surface area contributed by atoms with Crippen LogP contribution in [0.25, 0.3) is 5.57 Å². The molecule has 0 bridgehead atoms. The average molecular weight is 369 g/mol. The lowest BCUT2D eigenvalue weighted by Crippen LogP contribution is -2.33. The fraction of sp³-hybridized carbons (Fsp3) is 0.545. The molecule has 0 aromatic heterocycles. The Balaban J connectivity index is 1.70. The van der Waals surface area contributed by atoms with Crippen molar-refractivity contribution in [3.63, 3.8) is 0 Å². The van der Waals surface area contributed by atoms with Crippen LogP contribution < -0.4 is 5.32 Å². The van der Waals surface area contributed by atoms with Gasteiger partial charge in [-0.3, -0.25) is 9.79 Å². The van der Waals surface area contributed by atoms with Crippen molar-refractivity contribution in [2.45, 2.75) is 26.7 Å². The van der Waals surface area contributed by atoms with Crippen molar-refractivity contribution in [1.29, 1.82) is 0 Å². The Kier molecular flexibility index (Phi) is 6.32. The van der Waals surface area contributed by atoms with Crippen molar-refractivity contribution in [1.82, 2.24) is 9.80 Å². The molecule has 27 heavy (non-hydrogen) atoms. The van der Waals surface area contributed by atoms with Crippen LogP contribution in [0.3, 0.4) is 0 Å². The number of carbonyl (C=O) groups excluding carboxylic acids is 1. The average Bonchev–Trinajstić information content (AvgIpc) is 3.42. The summed E-state index contributed by atoms with van der Waals surface area (Å²) in [5.74, 6) is 1.88. The van der Waals surface area contributed by atoms with E-state index >= 15 is 0 Å². The molecule has 1 amide bonds. The molecule has 1 saturated heterocycles. The van der Waals surface area contributed by atoms with Gasteiger partial charge in [-0.05, 0) is 68.6 Å². The van der Waals surface area contributed by atoms with E-state index in [-0.39, 0.29) is 11.8 Å². The highest BCUT2D eigenvalue weighted by Crippen LogP contribution is 2.38. The first-order valence-corrected chi connectivity index (χ1v) is 9.98. The van der Waals surface area contributed by atoms with Crippen molar-refractivity contribution in [2.75, 3.05) is 45.6 Å². The second-order valence-corrected chi connectivity index (χ2v) is 7.94. The van der Waals surface area contributed by atoms with E-state index in [9.17, 15) is 4.79 Å². The Morgan fingerprint density at radius 3 is 2.74 bits per heavy atom. The zero-order valence-electron chi connectivity index (χ0n) is 17.0. The summed E-state index contributed by atoms with van der Waals surface area (Å²) in [6.45, 7) is 8.47. The lowest BCUT2D eigenvalue weighted by molar-refractivity contribution is -0.117. The molecule has 5 heteroatoms. The molecular formula is C22H32N4O. The van der Waals surface area contributed by atoms with Gasteiger partial charge < -0.3 is 15.1 Å². The Labute approximate surface area is 163 Å². The highest BCUT2D eigenvalue weighted by atomic mass is 16.2. The topological polar surface area (TPSA) is 47.9 Å². The zero-order valence-corrected chi connectivity index (χ0v) is 17.0. The minimum absolute atomic E-state index is 0.144. The van der Waals surface area contributed by atoms with E-state index < -0.39 is 0 Å². The number of aliphatic imine (C=N–C) groups is 1. The number of rotatable bonds is 4. The number of hydrogen-bond donors (Lipinski definition) is 1. The van der Waals surface area contributed by atoms with Crippen LogP contribution in [0.1, 0.15) is 32.3 Å². The first-order valence-electron chi connectivity index (χ1n) is 9.98. The van der Waals surface area contributed by atoms with Crippen LogP contribution in [0.4, 0.5) is 5.69 Å². The molecule has 1 aliphatic carbocycles. The number of hydrogen-bond acceptors (Lipinski definition) is 3. The van der Waals surface area contributed by atoms with Crippen LogP contribution in [-0.4, -0.2) is 61.8 Å². The SMILES string of the molecule is CN=C(/C=C(/C)c1cccc(NC(=O)C2CC2C)c1)N1CCCN(C)CC1. The van der Waals surface area contributed by atoms with E-state index in [1.54, 1.807) is 0 Å². The van der Waals surface area contributed by atoms with Gasteiger partial charge in [0.1, 0.15) is 5.84 Å². The second kappa shape index (κ2) is 8.70. The zero-order chi connectivity index (χ0) is 19.4. The number of benzene rings is 1. The molecule has 0 spiro atoms. The van der Waals surface area contributed by atoms with Gasteiger partial charge >= 0.3 is 0 Å². The number of nitrogens with zero attached hydrogens (tertiary/aromatic N) is 3. The van der Waals surface area contributed by atoms with Gasteiger partial charge in [0.2, 0.25) is 5.91 Å². The van der Waals surface area contributed by atoms with E-state index in [2.05, 4.69) is 59.2 Å². The lowest BCUT2D eigenvalue weighted by atomic mass is 10.1. The van der Waals surface area contributed by atoms with Crippen LogP contribution in [0.15, 0.2) is 35.3 Å². The lowest BCUT2D eigenvalue weighted by Gasteiger charge is -2.23. The molecule has 146 valence electrons. The molecule has 1 N–H and O–H groups in total. The van der Waals surface area contributed by atoms with Crippen LogP contribution in [-0.2, 0) is 4.79 Å². The predicted molar refractivity (Wildman–Crippen MR) is 113 cm³/mol. The third kappa shape index (κ3) is 5.19. The number of allylic oxidation sites excluding steroid dienone is 1. The first-order chi connectivity index (χ1) is 13.0. The Morgan fingerprint density at radius 1 is 1.26 bits per heavy atom. The van der Waals surface area contributed by atoms with Crippen LogP contribution >= 0.6 is 0 Å². The molecule has 2 unspecified atom stereocenters. The van der Waals surface area contributed by atoms with Gasteiger partial charge in [-0.2, -0.15) is 0 Å². The minimum atomic E-state index is 0.144. The van der Waals surface area contributed by atoms with E-state index in [1.165, 1.54) is 0 Å². The third-order valence-electron chi connectivity index (χ3n) is 5.65. The number of amidine groups is 1. The van der Waals surface area contributed by atoms with Crippen molar-refractivity contribution in [3.05, 3.63) is 35.9 Å². The van der Waals surface area contributed by atoms with Gasteiger partial charge in [0.25, 0.3) is 0 Å². The maximum absolute atomic E-state index is 12.2. The third-order valence-corrected chi connectivity index (χ3v) is 5.65. The summed E-state index contributed by atoms with van der Waals surface area (Å²) < 4.78 is 0. The highest BCUT2D eigenvalue weighted by Gasteiger charge is 2.39. The van der Waals surface area contributed by atoms with Gasteiger partial charge in [0, 0.05) is 38.3 Å². The minimum Gasteiger partial charge on any atom is -0.356 e. The second-order valence-electron chi connectivity index (χ2n) is 7.94. The molecule has 1 heterocycles. The van der Waals surface area contributed by atoms with Gasteiger partial charge in [-0.25, -0.2) is 0 Å². The summed E-state index contributed by atoms with van der Waals surface area (Å²) in [4.78, 5) is 21.5. The summed E-state index contributed by atoms with van der Waals surface area (Å²) >= 11 is 0. The molecule has 3 rings (SSSR count). The summed E-state index contributed by atoms with van der Waals surface area (Å²) in [5.41, 5.74) is 3.14. The summed E-state index contributed by atoms with van der Waals surface area (Å²) in [6.07, 6.45) is 4.32. The number of nitrogens with one attached hydrogen (secondary N) is 1. The summed E-state index contributed by atoms with van der Waals surface area (Å²) in [7, 11) is 4.04. The normalized spacial score (nSPS) is 24.5. The van der Waals surface area contributed by atoms with Crippen LogP contribution in [0.5, 0.6) is 0 Å². The van der Waals surface area contributed by atoms with Crippen molar-refractivity contribution >= 4 is 23.0 Å². The summed E-state index contributed by atoms with van der Waals surface area (Å²) in [6, 6.07) is 8.11. The smallest absolute Gasteiger partial charge is 0.227 e. The number of carbonyl (C=O) groups is 1. The standard InChI is InChI=1S/C22H32N4O/c1-16(14-21(23-3)26-10-6-9-25(4)11-12-26)18-7-5-8-19(15-18)24-22(27)20-13-17(20)2/h5,7-8,14-15,17,20H,6,9-13H2,1-4H3,(H,24,27)/b16-14-,23-21?. The Morgan fingerprint density at radius 2 is 2.04 bits per heavy atom. The monoisotopic (exact) mass is 368 g/mol. The van der Waals surface area contributed by atoms with E-state index in [1.807, 2.05) is 19.2 Å². The predicted octanol–water partition coefficient (Wildman–Crippen LogP) is 3.35. The van der Waals surface area contributed by atoms with Gasteiger partial charge in [-0.15, -0.1) is 0 Å². The molecular weight excluding hydrogens is 336 g/mol. The molecule has 2 fully saturated rings. The largest absolute Gasteiger partial charge is 0.356 e. The Hall–Kier alpha value is -2.14. The van der Waals surface area contributed by atoms with Crippen molar-refractivity contribution < 1.29 is 4.79 Å². The number of amides is 1. The van der Waals surface area contributed by atoms with Gasteiger partial charge in [0.05, 0.1) is 0 Å². The van der Waals surface area contributed by atoms with Crippen LogP contribution in [0.2, 0.25) is 0 Å². The highest BCUT2D eigenvalue weighted by molar-refractivity contribution is 5.99. The fourth-order valence-electron chi connectivity index (χ4n) is 3.61. The molecule has 0 radical (unpaired) electrons. The molecule has 1 aromatic carbocycles. The van der Waals surface area contributed by atoms with Gasteiger partial charge in [0.15, 0.2) is 0 Å². The van der Waals surface area contributed by atoms with E-state index in [0.29, 0.717) is 5.92 Å². The molecule has 5 nitrogen and oxygen atoms in total. The Bertz CT molecular complexity index is 740. The maximum atomic E-state index is 12.2. The molecule has 2 aliphatic rings. The summed E-state index contributed by atoms with van der Waals surface area (Å²) in [5, 5.41) is 3.06. The van der Waals surface area contributed by atoms with Crippen molar-refractivity contribution in [3.8, 4) is 0 Å². The molecule has 1 aromatic rings.